The average molecular weight is 332 g/mol. The third-order valence-electron chi connectivity index (χ3n) is 3.33. The number of hydrogen-bond acceptors (Lipinski definition) is 1. The standard InChI is InChI=1S/C17H18BrNO/c1-4-19(14-10-8-12(2)9-11-14)17(20)15-7-5-6-13(3)16(15)18/h5-11H,4H2,1-3H3. The van der Waals surface area contributed by atoms with E-state index in [-0.39, 0.29) is 5.91 Å². The lowest BCUT2D eigenvalue weighted by Gasteiger charge is -2.22. The monoisotopic (exact) mass is 331 g/mol. The van der Waals surface area contributed by atoms with Crippen LogP contribution in [0.2, 0.25) is 0 Å². The molecule has 0 heterocycles. The van der Waals surface area contributed by atoms with E-state index in [1.54, 1.807) is 4.90 Å². The van der Waals surface area contributed by atoms with Gasteiger partial charge in [-0.3, -0.25) is 4.79 Å². The molecule has 104 valence electrons. The molecule has 0 saturated carbocycles. The first-order valence-corrected chi connectivity index (χ1v) is 7.47. The summed E-state index contributed by atoms with van der Waals surface area (Å²) >= 11 is 3.51. The van der Waals surface area contributed by atoms with Crippen LogP contribution < -0.4 is 4.90 Å². The fourth-order valence-corrected chi connectivity index (χ4v) is 2.56. The summed E-state index contributed by atoms with van der Waals surface area (Å²) in [5.41, 5.74) is 3.88. The van der Waals surface area contributed by atoms with Gasteiger partial charge in [0.05, 0.1) is 5.56 Å². The molecule has 2 aromatic rings. The highest BCUT2D eigenvalue weighted by Gasteiger charge is 2.18. The Morgan fingerprint density at radius 1 is 1.10 bits per heavy atom. The molecule has 0 saturated heterocycles. The van der Waals surface area contributed by atoms with Gasteiger partial charge in [0.1, 0.15) is 0 Å². The van der Waals surface area contributed by atoms with Crippen molar-refractivity contribution < 1.29 is 4.79 Å². The normalized spacial score (nSPS) is 10.4. The van der Waals surface area contributed by atoms with Gasteiger partial charge in [-0.1, -0.05) is 29.8 Å². The van der Waals surface area contributed by atoms with Gasteiger partial charge in [-0.15, -0.1) is 0 Å². The largest absolute Gasteiger partial charge is 0.309 e. The van der Waals surface area contributed by atoms with Crippen LogP contribution >= 0.6 is 15.9 Å². The Kier molecular flexibility index (Phi) is 4.61. The SMILES string of the molecule is CCN(C(=O)c1cccc(C)c1Br)c1ccc(C)cc1. The molecule has 0 bridgehead atoms. The van der Waals surface area contributed by atoms with Crippen LogP contribution in [-0.2, 0) is 0 Å². The number of amides is 1. The third kappa shape index (κ3) is 2.93. The molecule has 0 aromatic heterocycles. The van der Waals surface area contributed by atoms with Crippen molar-refractivity contribution in [1.82, 2.24) is 0 Å². The molecule has 0 spiro atoms. The summed E-state index contributed by atoms with van der Waals surface area (Å²) in [6.07, 6.45) is 0. The van der Waals surface area contributed by atoms with E-state index in [2.05, 4.69) is 15.9 Å². The summed E-state index contributed by atoms with van der Waals surface area (Å²) in [5, 5.41) is 0. The molecule has 2 rings (SSSR count). The Bertz CT molecular complexity index is 619. The van der Waals surface area contributed by atoms with Crippen LogP contribution in [0.3, 0.4) is 0 Å². The maximum atomic E-state index is 12.7. The zero-order valence-corrected chi connectivity index (χ0v) is 13.6. The lowest BCUT2D eigenvalue weighted by atomic mass is 10.1. The van der Waals surface area contributed by atoms with Crippen molar-refractivity contribution in [3.05, 3.63) is 63.6 Å². The topological polar surface area (TPSA) is 20.3 Å². The van der Waals surface area contributed by atoms with Gasteiger partial charge in [0.2, 0.25) is 0 Å². The summed E-state index contributed by atoms with van der Waals surface area (Å²) < 4.78 is 0.871. The number of halogens is 1. The van der Waals surface area contributed by atoms with Gasteiger partial charge in [-0.25, -0.2) is 0 Å². The van der Waals surface area contributed by atoms with E-state index in [4.69, 9.17) is 0 Å². The summed E-state index contributed by atoms with van der Waals surface area (Å²) in [7, 11) is 0. The lowest BCUT2D eigenvalue weighted by molar-refractivity contribution is 0.0987. The molecule has 2 aromatic carbocycles. The Morgan fingerprint density at radius 3 is 2.35 bits per heavy atom. The molecule has 0 fully saturated rings. The summed E-state index contributed by atoms with van der Waals surface area (Å²) in [6.45, 7) is 6.66. The number of carbonyl (C=O) groups is 1. The summed E-state index contributed by atoms with van der Waals surface area (Å²) in [5.74, 6) is 0.0203. The molecule has 0 aliphatic rings. The Balaban J connectivity index is 2.39. The molecule has 20 heavy (non-hydrogen) atoms. The van der Waals surface area contributed by atoms with Crippen LogP contribution in [0.15, 0.2) is 46.9 Å². The molecule has 3 heteroatoms. The van der Waals surface area contributed by atoms with Crippen molar-refractivity contribution in [3.63, 3.8) is 0 Å². The van der Waals surface area contributed by atoms with Crippen LogP contribution in [0.5, 0.6) is 0 Å². The van der Waals surface area contributed by atoms with E-state index in [9.17, 15) is 4.79 Å². The highest BCUT2D eigenvalue weighted by Crippen LogP contribution is 2.25. The molecule has 0 aliphatic carbocycles. The molecule has 1 amide bonds. The summed E-state index contributed by atoms with van der Waals surface area (Å²) in [4.78, 5) is 14.5. The van der Waals surface area contributed by atoms with Gasteiger partial charge in [0.25, 0.3) is 5.91 Å². The quantitative estimate of drug-likeness (QED) is 0.795. The van der Waals surface area contributed by atoms with Crippen LogP contribution in [0.4, 0.5) is 5.69 Å². The predicted molar refractivity (Wildman–Crippen MR) is 87.4 cm³/mol. The number of nitrogens with zero attached hydrogens (tertiary/aromatic N) is 1. The maximum Gasteiger partial charge on any atom is 0.259 e. The lowest BCUT2D eigenvalue weighted by Crippen LogP contribution is -2.30. The van der Waals surface area contributed by atoms with Crippen LogP contribution in [-0.4, -0.2) is 12.5 Å². The fraction of sp³-hybridized carbons (Fsp3) is 0.235. The van der Waals surface area contributed by atoms with Crippen molar-refractivity contribution in [1.29, 1.82) is 0 Å². The molecular weight excluding hydrogens is 314 g/mol. The highest BCUT2D eigenvalue weighted by molar-refractivity contribution is 9.10. The van der Waals surface area contributed by atoms with Crippen LogP contribution in [0.1, 0.15) is 28.4 Å². The zero-order chi connectivity index (χ0) is 14.7. The van der Waals surface area contributed by atoms with Crippen molar-refractivity contribution in [3.8, 4) is 0 Å². The van der Waals surface area contributed by atoms with E-state index in [0.717, 1.165) is 15.7 Å². The second kappa shape index (κ2) is 6.23. The average Bonchev–Trinajstić information content (AvgIpc) is 2.44. The van der Waals surface area contributed by atoms with Gasteiger partial charge < -0.3 is 4.90 Å². The summed E-state index contributed by atoms with van der Waals surface area (Å²) in [6, 6.07) is 13.8. The van der Waals surface area contributed by atoms with E-state index >= 15 is 0 Å². The number of anilines is 1. The molecule has 2 nitrogen and oxygen atoms in total. The van der Waals surface area contributed by atoms with Crippen molar-refractivity contribution >= 4 is 27.5 Å². The number of hydrogen-bond donors (Lipinski definition) is 0. The second-order valence-corrected chi connectivity index (χ2v) is 5.61. The number of rotatable bonds is 3. The molecule has 0 radical (unpaired) electrons. The van der Waals surface area contributed by atoms with E-state index in [1.165, 1.54) is 5.56 Å². The molecule has 0 atom stereocenters. The highest BCUT2D eigenvalue weighted by atomic mass is 79.9. The van der Waals surface area contributed by atoms with E-state index < -0.39 is 0 Å². The molecule has 0 aliphatic heterocycles. The van der Waals surface area contributed by atoms with Crippen molar-refractivity contribution in [2.75, 3.05) is 11.4 Å². The predicted octanol–water partition coefficient (Wildman–Crippen LogP) is 4.73. The number of aryl methyl sites for hydroxylation is 2. The minimum atomic E-state index is 0.0203. The van der Waals surface area contributed by atoms with E-state index in [0.29, 0.717) is 12.1 Å². The Hall–Kier alpha value is -1.61. The molecule has 0 unspecified atom stereocenters. The smallest absolute Gasteiger partial charge is 0.259 e. The molecular formula is C17H18BrNO. The minimum Gasteiger partial charge on any atom is -0.309 e. The number of benzene rings is 2. The second-order valence-electron chi connectivity index (χ2n) is 4.82. The van der Waals surface area contributed by atoms with Gasteiger partial charge in [0.15, 0.2) is 0 Å². The van der Waals surface area contributed by atoms with Crippen molar-refractivity contribution in [2.45, 2.75) is 20.8 Å². The van der Waals surface area contributed by atoms with Crippen LogP contribution in [0.25, 0.3) is 0 Å². The third-order valence-corrected chi connectivity index (χ3v) is 4.38. The van der Waals surface area contributed by atoms with Crippen LogP contribution in [0, 0.1) is 13.8 Å². The first kappa shape index (κ1) is 14.8. The Labute approximate surface area is 128 Å². The first-order chi connectivity index (χ1) is 9.54. The molecule has 0 N–H and O–H groups in total. The zero-order valence-electron chi connectivity index (χ0n) is 12.0. The Morgan fingerprint density at radius 2 is 1.75 bits per heavy atom. The van der Waals surface area contributed by atoms with Crippen molar-refractivity contribution in [2.24, 2.45) is 0 Å². The number of carbonyl (C=O) groups excluding carboxylic acids is 1. The maximum absolute atomic E-state index is 12.7. The minimum absolute atomic E-state index is 0.0203. The van der Waals surface area contributed by atoms with Gasteiger partial charge in [-0.2, -0.15) is 0 Å². The van der Waals surface area contributed by atoms with Gasteiger partial charge >= 0.3 is 0 Å². The van der Waals surface area contributed by atoms with Gasteiger partial charge in [-0.05, 0) is 60.5 Å². The van der Waals surface area contributed by atoms with Gasteiger partial charge in [0, 0.05) is 16.7 Å². The fourth-order valence-electron chi connectivity index (χ4n) is 2.13. The van der Waals surface area contributed by atoms with E-state index in [1.807, 2.05) is 63.2 Å². The first-order valence-electron chi connectivity index (χ1n) is 6.68.